The van der Waals surface area contributed by atoms with Gasteiger partial charge in [0, 0.05) is 27.5 Å². The molecule has 0 fully saturated rings. The predicted molar refractivity (Wildman–Crippen MR) is 152 cm³/mol. The highest BCUT2D eigenvalue weighted by atomic mass is 79.9. The van der Waals surface area contributed by atoms with E-state index in [2.05, 4.69) is 143 Å². The summed E-state index contributed by atoms with van der Waals surface area (Å²) in [5, 5.41) is 0. The van der Waals surface area contributed by atoms with E-state index < -0.39 is 0 Å². The van der Waals surface area contributed by atoms with Gasteiger partial charge >= 0.3 is 0 Å². The van der Waals surface area contributed by atoms with E-state index in [9.17, 15) is 0 Å². The Morgan fingerprint density at radius 1 is 0.647 bits per heavy atom. The standard InChI is InChI=1S/C31H24BrNS/c1-23-12-17-25(18-13-23)29-22-31(32)34-30(29)21-16-24-14-19-28(20-15-24)33(26-8-4-2-5-9-26)27-10-6-3-7-11-27/h2-22H,1H3/b21-16+. The molecular weight excluding hydrogens is 498 g/mol. The van der Waals surface area contributed by atoms with Gasteiger partial charge in [-0.1, -0.05) is 84.4 Å². The number of rotatable bonds is 6. The van der Waals surface area contributed by atoms with Gasteiger partial charge in [0.05, 0.1) is 3.79 Å². The van der Waals surface area contributed by atoms with Crippen molar-refractivity contribution in [1.29, 1.82) is 0 Å². The summed E-state index contributed by atoms with van der Waals surface area (Å²) in [6.45, 7) is 2.12. The second-order valence-corrected chi connectivity index (χ2v) is 10.6. The molecule has 0 amide bonds. The molecule has 3 heteroatoms. The first-order valence-corrected chi connectivity index (χ1v) is 12.8. The smallest absolute Gasteiger partial charge is 0.0711 e. The summed E-state index contributed by atoms with van der Waals surface area (Å²) in [6, 6.07) is 40.6. The molecule has 0 bridgehead atoms. The van der Waals surface area contributed by atoms with E-state index in [0.717, 1.165) is 20.8 Å². The summed E-state index contributed by atoms with van der Waals surface area (Å²) >= 11 is 5.43. The van der Waals surface area contributed by atoms with Gasteiger partial charge in [0.25, 0.3) is 0 Å². The van der Waals surface area contributed by atoms with Crippen molar-refractivity contribution in [2.75, 3.05) is 4.90 Å². The first kappa shape index (κ1) is 22.4. The Kier molecular flexibility index (Phi) is 6.75. The maximum Gasteiger partial charge on any atom is 0.0711 e. The van der Waals surface area contributed by atoms with E-state index in [1.165, 1.54) is 27.1 Å². The van der Waals surface area contributed by atoms with Crippen LogP contribution in [0.3, 0.4) is 0 Å². The lowest BCUT2D eigenvalue weighted by Crippen LogP contribution is -2.09. The largest absolute Gasteiger partial charge is 0.311 e. The molecule has 0 aliphatic carbocycles. The normalized spacial score (nSPS) is 11.1. The maximum absolute atomic E-state index is 3.67. The first-order chi connectivity index (χ1) is 16.7. The quantitative estimate of drug-likeness (QED) is 0.214. The minimum absolute atomic E-state index is 1.13. The average Bonchev–Trinajstić information content (AvgIpc) is 3.26. The number of hydrogen-bond acceptors (Lipinski definition) is 2. The van der Waals surface area contributed by atoms with E-state index in [1.54, 1.807) is 11.3 Å². The monoisotopic (exact) mass is 521 g/mol. The molecule has 0 unspecified atom stereocenters. The average molecular weight is 523 g/mol. The Labute approximate surface area is 213 Å². The van der Waals surface area contributed by atoms with Gasteiger partial charge in [-0.15, -0.1) is 11.3 Å². The zero-order chi connectivity index (χ0) is 23.3. The van der Waals surface area contributed by atoms with Gasteiger partial charge in [-0.25, -0.2) is 0 Å². The summed E-state index contributed by atoms with van der Waals surface area (Å²) in [5.74, 6) is 0. The Bertz CT molecular complexity index is 1350. The van der Waals surface area contributed by atoms with Crippen molar-refractivity contribution < 1.29 is 0 Å². The van der Waals surface area contributed by atoms with E-state index in [0.29, 0.717) is 0 Å². The van der Waals surface area contributed by atoms with Crippen LogP contribution in [0.2, 0.25) is 0 Å². The van der Waals surface area contributed by atoms with Crippen LogP contribution in [0, 0.1) is 6.92 Å². The molecule has 1 aromatic heterocycles. The molecule has 1 heterocycles. The fourth-order valence-corrected chi connectivity index (χ4v) is 5.53. The van der Waals surface area contributed by atoms with E-state index in [-0.39, 0.29) is 0 Å². The molecule has 0 atom stereocenters. The highest BCUT2D eigenvalue weighted by molar-refractivity contribution is 9.11. The highest BCUT2D eigenvalue weighted by Gasteiger charge is 2.11. The van der Waals surface area contributed by atoms with Crippen LogP contribution in [0.5, 0.6) is 0 Å². The molecular formula is C31H24BrNS. The third kappa shape index (κ3) is 5.06. The maximum atomic E-state index is 3.67. The molecule has 0 aliphatic rings. The Hall–Kier alpha value is -3.40. The fraction of sp³-hybridized carbons (Fsp3) is 0.0323. The van der Waals surface area contributed by atoms with Gasteiger partial charge in [-0.2, -0.15) is 0 Å². The fourth-order valence-electron chi connectivity index (χ4n) is 3.96. The second kappa shape index (κ2) is 10.3. The number of benzene rings is 4. The minimum Gasteiger partial charge on any atom is -0.311 e. The zero-order valence-corrected chi connectivity index (χ0v) is 21.3. The number of anilines is 3. The van der Waals surface area contributed by atoms with Gasteiger partial charge in [-0.05, 0) is 82.5 Å². The topological polar surface area (TPSA) is 3.24 Å². The predicted octanol–water partition coefficient (Wildman–Crippen LogP) is 10.1. The van der Waals surface area contributed by atoms with Crippen LogP contribution in [-0.2, 0) is 0 Å². The molecule has 0 saturated carbocycles. The molecule has 0 aliphatic heterocycles. The van der Waals surface area contributed by atoms with Crippen LogP contribution in [-0.4, -0.2) is 0 Å². The number of aryl methyl sites for hydroxylation is 1. The number of para-hydroxylation sites is 2. The Morgan fingerprint density at radius 2 is 1.21 bits per heavy atom. The van der Waals surface area contributed by atoms with Gasteiger partial charge in [0.2, 0.25) is 0 Å². The number of halogens is 1. The van der Waals surface area contributed by atoms with Crippen molar-refractivity contribution in [1.82, 2.24) is 0 Å². The third-order valence-corrected chi connectivity index (χ3v) is 7.30. The molecule has 0 saturated heterocycles. The van der Waals surface area contributed by atoms with E-state index in [4.69, 9.17) is 0 Å². The van der Waals surface area contributed by atoms with Crippen LogP contribution in [0.1, 0.15) is 16.0 Å². The van der Waals surface area contributed by atoms with Gasteiger partial charge in [0.1, 0.15) is 0 Å². The van der Waals surface area contributed by atoms with E-state index >= 15 is 0 Å². The summed E-state index contributed by atoms with van der Waals surface area (Å²) in [6.07, 6.45) is 4.40. The summed E-state index contributed by atoms with van der Waals surface area (Å²) in [4.78, 5) is 3.52. The van der Waals surface area contributed by atoms with Gasteiger partial charge in [0.15, 0.2) is 0 Å². The van der Waals surface area contributed by atoms with Crippen molar-refractivity contribution in [2.24, 2.45) is 0 Å². The molecule has 166 valence electrons. The molecule has 0 spiro atoms. The molecule has 34 heavy (non-hydrogen) atoms. The Balaban J connectivity index is 1.43. The number of nitrogens with zero attached hydrogens (tertiary/aromatic N) is 1. The second-order valence-electron chi connectivity index (χ2n) is 8.13. The molecule has 0 radical (unpaired) electrons. The van der Waals surface area contributed by atoms with Crippen molar-refractivity contribution in [3.8, 4) is 11.1 Å². The molecule has 5 aromatic rings. The van der Waals surface area contributed by atoms with Crippen LogP contribution in [0.25, 0.3) is 23.3 Å². The summed E-state index contributed by atoms with van der Waals surface area (Å²) < 4.78 is 1.14. The number of hydrogen-bond donors (Lipinski definition) is 0. The summed E-state index contributed by atoms with van der Waals surface area (Å²) in [5.41, 5.74) is 8.35. The van der Waals surface area contributed by atoms with Crippen molar-refractivity contribution in [2.45, 2.75) is 6.92 Å². The van der Waals surface area contributed by atoms with Crippen LogP contribution < -0.4 is 4.90 Å². The lowest BCUT2D eigenvalue weighted by Gasteiger charge is -2.25. The third-order valence-electron chi connectivity index (χ3n) is 5.70. The summed E-state index contributed by atoms with van der Waals surface area (Å²) in [7, 11) is 0. The molecule has 0 N–H and O–H groups in total. The lowest BCUT2D eigenvalue weighted by atomic mass is 10.0. The van der Waals surface area contributed by atoms with Crippen LogP contribution in [0.4, 0.5) is 17.1 Å². The van der Waals surface area contributed by atoms with Crippen molar-refractivity contribution >= 4 is 56.5 Å². The SMILES string of the molecule is Cc1ccc(-c2cc(Br)sc2/C=C/c2ccc(N(c3ccccc3)c3ccccc3)cc2)cc1. The Morgan fingerprint density at radius 3 is 1.79 bits per heavy atom. The van der Waals surface area contributed by atoms with E-state index in [1.807, 2.05) is 12.1 Å². The van der Waals surface area contributed by atoms with Crippen LogP contribution >= 0.6 is 27.3 Å². The molecule has 4 aromatic carbocycles. The highest BCUT2D eigenvalue weighted by Crippen LogP contribution is 2.37. The minimum atomic E-state index is 1.13. The number of thiophene rings is 1. The first-order valence-electron chi connectivity index (χ1n) is 11.2. The van der Waals surface area contributed by atoms with Gasteiger partial charge < -0.3 is 4.90 Å². The molecule has 1 nitrogen and oxygen atoms in total. The van der Waals surface area contributed by atoms with Gasteiger partial charge in [-0.3, -0.25) is 0 Å². The van der Waals surface area contributed by atoms with Crippen molar-refractivity contribution in [3.05, 3.63) is 135 Å². The molecule has 5 rings (SSSR count). The lowest BCUT2D eigenvalue weighted by molar-refractivity contribution is 1.28. The zero-order valence-electron chi connectivity index (χ0n) is 18.9. The van der Waals surface area contributed by atoms with Crippen molar-refractivity contribution in [3.63, 3.8) is 0 Å². The van der Waals surface area contributed by atoms with Crippen LogP contribution in [0.15, 0.2) is 119 Å².